The predicted octanol–water partition coefficient (Wildman–Crippen LogP) is 4.30. The molecule has 8 nitrogen and oxygen atoms in total. The summed E-state index contributed by atoms with van der Waals surface area (Å²) in [6, 6.07) is 2.12. The molecule has 0 saturated carbocycles. The quantitative estimate of drug-likeness (QED) is 0.298. The van der Waals surface area contributed by atoms with Gasteiger partial charge in [0.15, 0.2) is 5.96 Å². The van der Waals surface area contributed by atoms with E-state index in [-0.39, 0.29) is 30.1 Å². The Morgan fingerprint density at radius 2 is 1.97 bits per heavy atom. The summed E-state index contributed by atoms with van der Waals surface area (Å²) in [6.07, 6.45) is 1.87. The standard InChI is InChI=1S/C24H44N6O2.HI/c1-9-28(23(31)32-24(5,6)7)17-21-10-12-29(13-11-21)22(25-8)26-15-18(2)16-30-20(4)14-19(3)27-30;/h14,18,21H,9-13,15-17H2,1-8H3,(H,25,26);1H. The molecule has 1 atom stereocenters. The van der Waals surface area contributed by atoms with Crippen molar-refractivity contribution in [1.29, 1.82) is 0 Å². The lowest BCUT2D eigenvalue weighted by atomic mass is 9.96. The SMILES string of the molecule is CCN(CC1CCN(C(=NC)NCC(C)Cn2nc(C)cc2C)CC1)C(=O)OC(C)(C)C.I. The Balaban J connectivity index is 0.00000544. The third kappa shape index (κ3) is 9.70. The van der Waals surface area contributed by atoms with Crippen LogP contribution in [-0.4, -0.2) is 77.0 Å². The molecule has 1 amide bonds. The summed E-state index contributed by atoms with van der Waals surface area (Å²) in [5.74, 6) is 1.89. The van der Waals surface area contributed by atoms with E-state index in [9.17, 15) is 4.79 Å². The van der Waals surface area contributed by atoms with Crippen molar-refractivity contribution in [1.82, 2.24) is 24.9 Å². The summed E-state index contributed by atoms with van der Waals surface area (Å²) >= 11 is 0. The second-order valence-corrected chi connectivity index (χ2v) is 10.1. The molecule has 0 aliphatic carbocycles. The molecule has 2 rings (SSSR count). The second-order valence-electron chi connectivity index (χ2n) is 10.1. The van der Waals surface area contributed by atoms with Crippen LogP contribution in [0.5, 0.6) is 0 Å². The number of hydrogen-bond donors (Lipinski definition) is 1. The molecule has 1 fully saturated rings. The molecule has 0 spiro atoms. The van der Waals surface area contributed by atoms with Gasteiger partial charge in [-0.2, -0.15) is 5.10 Å². The fourth-order valence-electron chi connectivity index (χ4n) is 4.12. The van der Waals surface area contributed by atoms with Gasteiger partial charge in [0.2, 0.25) is 0 Å². The molecule has 33 heavy (non-hydrogen) atoms. The molecule has 1 aliphatic rings. The molecule has 0 bridgehead atoms. The highest BCUT2D eigenvalue weighted by molar-refractivity contribution is 14.0. The van der Waals surface area contributed by atoms with E-state index < -0.39 is 5.60 Å². The zero-order valence-corrected chi connectivity index (χ0v) is 24.2. The van der Waals surface area contributed by atoms with Crippen molar-refractivity contribution in [2.45, 2.75) is 73.5 Å². The summed E-state index contributed by atoms with van der Waals surface area (Å²) in [6.45, 7) is 19.2. The number of nitrogens with one attached hydrogen (secondary N) is 1. The van der Waals surface area contributed by atoms with Gasteiger partial charge in [0.05, 0.1) is 5.69 Å². The number of carbonyl (C=O) groups is 1. The van der Waals surface area contributed by atoms with Crippen molar-refractivity contribution in [3.8, 4) is 0 Å². The number of rotatable bonds is 7. The first kappa shape index (κ1) is 29.5. The van der Waals surface area contributed by atoms with Crippen LogP contribution in [0.2, 0.25) is 0 Å². The molecule has 190 valence electrons. The number of nitrogens with zero attached hydrogens (tertiary/aromatic N) is 5. The number of amides is 1. The maximum Gasteiger partial charge on any atom is 0.410 e. The number of ether oxygens (including phenoxy) is 1. The van der Waals surface area contributed by atoms with Crippen molar-refractivity contribution in [3.63, 3.8) is 0 Å². The largest absolute Gasteiger partial charge is 0.444 e. The first-order valence-corrected chi connectivity index (χ1v) is 12.0. The van der Waals surface area contributed by atoms with Crippen LogP contribution >= 0.6 is 24.0 Å². The molecule has 1 aromatic heterocycles. The van der Waals surface area contributed by atoms with Crippen molar-refractivity contribution in [2.24, 2.45) is 16.8 Å². The Kier molecular flexibility index (Phi) is 12.0. The summed E-state index contributed by atoms with van der Waals surface area (Å²) in [5.41, 5.74) is 1.81. The smallest absolute Gasteiger partial charge is 0.410 e. The zero-order valence-electron chi connectivity index (χ0n) is 21.8. The highest BCUT2D eigenvalue weighted by Crippen LogP contribution is 2.20. The molecule has 0 aromatic carbocycles. The summed E-state index contributed by atoms with van der Waals surface area (Å²) in [5, 5.41) is 8.12. The normalized spacial score (nSPS) is 16.2. The summed E-state index contributed by atoms with van der Waals surface area (Å²) in [4.78, 5) is 21.1. The van der Waals surface area contributed by atoms with Crippen LogP contribution in [0.4, 0.5) is 4.79 Å². The minimum absolute atomic E-state index is 0. The predicted molar refractivity (Wildman–Crippen MR) is 145 cm³/mol. The summed E-state index contributed by atoms with van der Waals surface area (Å²) < 4.78 is 7.64. The fraction of sp³-hybridized carbons (Fsp3) is 0.792. The number of aryl methyl sites for hydroxylation is 2. The number of halogens is 1. The minimum Gasteiger partial charge on any atom is -0.444 e. The van der Waals surface area contributed by atoms with E-state index in [1.165, 1.54) is 5.69 Å². The average molecular weight is 577 g/mol. The number of likely N-dealkylation sites (tertiary alicyclic amines) is 1. The van der Waals surface area contributed by atoms with Crippen LogP contribution in [0.15, 0.2) is 11.1 Å². The number of guanidine groups is 1. The van der Waals surface area contributed by atoms with Crippen molar-refractivity contribution < 1.29 is 9.53 Å². The number of hydrogen-bond acceptors (Lipinski definition) is 4. The first-order valence-electron chi connectivity index (χ1n) is 12.0. The molecule has 9 heteroatoms. The lowest BCUT2D eigenvalue weighted by Gasteiger charge is -2.36. The molecular weight excluding hydrogens is 531 g/mol. The molecule has 1 saturated heterocycles. The lowest BCUT2D eigenvalue weighted by molar-refractivity contribution is 0.0214. The van der Waals surface area contributed by atoms with Gasteiger partial charge in [-0.1, -0.05) is 6.92 Å². The zero-order chi connectivity index (χ0) is 23.9. The van der Waals surface area contributed by atoms with Gasteiger partial charge in [-0.3, -0.25) is 9.67 Å². The minimum atomic E-state index is -0.460. The van der Waals surface area contributed by atoms with Gasteiger partial charge in [0.1, 0.15) is 5.60 Å². The van der Waals surface area contributed by atoms with E-state index >= 15 is 0 Å². The number of carbonyl (C=O) groups excluding carboxylic acids is 1. The molecule has 1 unspecified atom stereocenters. The second kappa shape index (κ2) is 13.4. The van der Waals surface area contributed by atoms with Crippen LogP contribution in [0, 0.1) is 25.7 Å². The molecule has 1 aliphatic heterocycles. The first-order chi connectivity index (χ1) is 15.0. The van der Waals surface area contributed by atoms with Crippen molar-refractivity contribution in [3.05, 3.63) is 17.5 Å². The fourth-order valence-corrected chi connectivity index (χ4v) is 4.12. The molecular formula is C24H45IN6O2. The van der Waals surface area contributed by atoms with Gasteiger partial charge >= 0.3 is 6.09 Å². The van der Waals surface area contributed by atoms with Gasteiger partial charge in [0, 0.05) is 52.0 Å². The Labute approximate surface area is 217 Å². The Hall–Kier alpha value is -1.52. The van der Waals surface area contributed by atoms with E-state index in [0.29, 0.717) is 18.4 Å². The number of aromatic nitrogens is 2. The average Bonchev–Trinajstić information content (AvgIpc) is 3.02. The summed E-state index contributed by atoms with van der Waals surface area (Å²) in [7, 11) is 1.85. The van der Waals surface area contributed by atoms with Crippen LogP contribution in [0.1, 0.15) is 58.8 Å². The third-order valence-corrected chi connectivity index (χ3v) is 5.83. The van der Waals surface area contributed by atoms with Gasteiger partial charge in [-0.25, -0.2) is 4.79 Å². The monoisotopic (exact) mass is 576 g/mol. The van der Waals surface area contributed by atoms with Crippen LogP contribution < -0.4 is 5.32 Å². The Morgan fingerprint density at radius 3 is 2.45 bits per heavy atom. The molecule has 0 radical (unpaired) electrons. The molecule has 1 aromatic rings. The van der Waals surface area contributed by atoms with Gasteiger partial charge in [-0.05, 0) is 72.3 Å². The third-order valence-electron chi connectivity index (χ3n) is 5.83. The highest BCUT2D eigenvalue weighted by Gasteiger charge is 2.27. The van der Waals surface area contributed by atoms with E-state index in [0.717, 1.165) is 57.2 Å². The maximum atomic E-state index is 12.4. The van der Waals surface area contributed by atoms with Crippen LogP contribution in [-0.2, 0) is 11.3 Å². The van der Waals surface area contributed by atoms with E-state index in [4.69, 9.17) is 4.74 Å². The van der Waals surface area contributed by atoms with Gasteiger partial charge in [-0.15, -0.1) is 24.0 Å². The van der Waals surface area contributed by atoms with Gasteiger partial charge in [0.25, 0.3) is 0 Å². The van der Waals surface area contributed by atoms with Crippen LogP contribution in [0.25, 0.3) is 0 Å². The van der Waals surface area contributed by atoms with Crippen molar-refractivity contribution in [2.75, 3.05) is 39.8 Å². The number of aliphatic imine (C=N–C) groups is 1. The lowest BCUT2D eigenvalue weighted by Crippen LogP contribution is -2.48. The van der Waals surface area contributed by atoms with E-state index in [1.54, 1.807) is 0 Å². The van der Waals surface area contributed by atoms with Crippen LogP contribution in [0.3, 0.4) is 0 Å². The highest BCUT2D eigenvalue weighted by atomic mass is 127. The molecule has 1 N–H and O–H groups in total. The maximum absolute atomic E-state index is 12.4. The van der Waals surface area contributed by atoms with Gasteiger partial charge < -0.3 is 19.9 Å². The molecule has 2 heterocycles. The Morgan fingerprint density at radius 1 is 1.33 bits per heavy atom. The van der Waals surface area contributed by atoms with E-state index in [1.807, 2.05) is 46.6 Å². The van der Waals surface area contributed by atoms with Crippen molar-refractivity contribution >= 4 is 36.0 Å². The van der Waals surface area contributed by atoms with E-state index in [2.05, 4.69) is 44.9 Å². The topological polar surface area (TPSA) is 75.0 Å². The Bertz CT molecular complexity index is 765. The number of piperidine rings is 1.